The van der Waals surface area contributed by atoms with Crippen LogP contribution in [0.5, 0.6) is 0 Å². The smallest absolute Gasteiger partial charge is 0.236 e. The third-order valence-corrected chi connectivity index (χ3v) is 4.24. The Morgan fingerprint density at radius 2 is 2.06 bits per heavy atom. The lowest BCUT2D eigenvalue weighted by molar-refractivity contribution is 0.579. The zero-order valence-electron chi connectivity index (χ0n) is 10.5. The van der Waals surface area contributed by atoms with Gasteiger partial charge in [0.1, 0.15) is 0 Å². The summed E-state index contributed by atoms with van der Waals surface area (Å²) in [4.78, 5) is 0. The third kappa shape index (κ3) is 4.36. The van der Waals surface area contributed by atoms with E-state index in [9.17, 15) is 8.42 Å². The molecule has 0 heterocycles. The van der Waals surface area contributed by atoms with Gasteiger partial charge in [-0.05, 0) is 38.1 Å². The minimum Gasteiger partial charge on any atom is -0.316 e. The van der Waals surface area contributed by atoms with Gasteiger partial charge in [0.25, 0.3) is 0 Å². The van der Waals surface area contributed by atoms with Gasteiger partial charge in [0, 0.05) is 12.2 Å². The molecule has 0 saturated heterocycles. The lowest BCUT2D eigenvalue weighted by atomic mass is 10.2. The van der Waals surface area contributed by atoms with Gasteiger partial charge >= 0.3 is 0 Å². The van der Waals surface area contributed by atoms with Crippen molar-refractivity contribution in [2.45, 2.75) is 26.0 Å². The molecule has 1 unspecified atom stereocenters. The first-order valence-electron chi connectivity index (χ1n) is 5.74. The van der Waals surface area contributed by atoms with Gasteiger partial charge in [0.15, 0.2) is 0 Å². The first-order valence-corrected chi connectivity index (χ1v) is 7.29. The van der Waals surface area contributed by atoms with Crippen LogP contribution in [0.3, 0.4) is 0 Å². The SMILES string of the molecule is CCNCC(C)S(=O)(=O)Nc1cccc(C)c1. The molecule has 1 rings (SSSR count). The van der Waals surface area contributed by atoms with E-state index < -0.39 is 15.3 Å². The maximum Gasteiger partial charge on any atom is 0.236 e. The van der Waals surface area contributed by atoms with Gasteiger partial charge in [0.05, 0.1) is 5.25 Å². The van der Waals surface area contributed by atoms with E-state index in [2.05, 4.69) is 10.0 Å². The van der Waals surface area contributed by atoms with Crippen LogP contribution in [0.25, 0.3) is 0 Å². The number of anilines is 1. The molecule has 0 radical (unpaired) electrons. The fourth-order valence-corrected chi connectivity index (χ4v) is 2.42. The Bertz CT molecular complexity index is 457. The van der Waals surface area contributed by atoms with Gasteiger partial charge in [-0.1, -0.05) is 19.1 Å². The molecule has 0 bridgehead atoms. The highest BCUT2D eigenvalue weighted by molar-refractivity contribution is 7.93. The number of rotatable bonds is 6. The number of hydrogen-bond acceptors (Lipinski definition) is 3. The van der Waals surface area contributed by atoms with Gasteiger partial charge < -0.3 is 5.32 Å². The molecule has 2 N–H and O–H groups in total. The van der Waals surface area contributed by atoms with Crippen LogP contribution in [-0.2, 0) is 10.0 Å². The highest BCUT2D eigenvalue weighted by Gasteiger charge is 2.19. The monoisotopic (exact) mass is 256 g/mol. The Hall–Kier alpha value is -1.07. The molecule has 1 atom stereocenters. The summed E-state index contributed by atoms with van der Waals surface area (Å²) in [5, 5.41) is 2.58. The molecule has 1 aromatic carbocycles. The summed E-state index contributed by atoms with van der Waals surface area (Å²) in [5.74, 6) is 0. The number of hydrogen-bond donors (Lipinski definition) is 2. The Labute approximate surface area is 103 Å². The highest BCUT2D eigenvalue weighted by Crippen LogP contribution is 2.13. The van der Waals surface area contributed by atoms with E-state index in [4.69, 9.17) is 0 Å². The van der Waals surface area contributed by atoms with Crippen molar-refractivity contribution in [2.75, 3.05) is 17.8 Å². The van der Waals surface area contributed by atoms with Crippen molar-refractivity contribution in [1.82, 2.24) is 5.32 Å². The van der Waals surface area contributed by atoms with Crippen LogP contribution in [0.4, 0.5) is 5.69 Å². The predicted octanol–water partition coefficient (Wildman–Crippen LogP) is 1.73. The van der Waals surface area contributed by atoms with Crippen LogP contribution in [-0.4, -0.2) is 26.8 Å². The fourth-order valence-electron chi connectivity index (χ4n) is 1.43. The van der Waals surface area contributed by atoms with Crippen molar-refractivity contribution in [3.05, 3.63) is 29.8 Å². The van der Waals surface area contributed by atoms with Crippen LogP contribution < -0.4 is 10.0 Å². The molecular weight excluding hydrogens is 236 g/mol. The van der Waals surface area contributed by atoms with Gasteiger partial charge in [-0.3, -0.25) is 4.72 Å². The Morgan fingerprint density at radius 3 is 2.65 bits per heavy atom. The van der Waals surface area contributed by atoms with Crippen LogP contribution >= 0.6 is 0 Å². The molecule has 5 heteroatoms. The molecule has 0 aliphatic heterocycles. The quantitative estimate of drug-likeness (QED) is 0.815. The third-order valence-electron chi connectivity index (χ3n) is 2.49. The largest absolute Gasteiger partial charge is 0.316 e. The number of aryl methyl sites for hydroxylation is 1. The molecule has 0 aromatic heterocycles. The van der Waals surface area contributed by atoms with Gasteiger partial charge in [-0.15, -0.1) is 0 Å². The molecule has 0 amide bonds. The van der Waals surface area contributed by atoms with Crippen molar-refractivity contribution in [3.8, 4) is 0 Å². The molecule has 0 fully saturated rings. The second-order valence-electron chi connectivity index (χ2n) is 4.13. The van der Waals surface area contributed by atoms with Crippen LogP contribution in [0, 0.1) is 6.92 Å². The van der Waals surface area contributed by atoms with E-state index in [-0.39, 0.29) is 0 Å². The first kappa shape index (κ1) is 14.0. The number of benzene rings is 1. The lowest BCUT2D eigenvalue weighted by Crippen LogP contribution is -2.34. The van der Waals surface area contributed by atoms with Crippen molar-refractivity contribution < 1.29 is 8.42 Å². The van der Waals surface area contributed by atoms with E-state index >= 15 is 0 Å². The molecule has 0 aliphatic carbocycles. The van der Waals surface area contributed by atoms with E-state index in [1.54, 1.807) is 13.0 Å². The van der Waals surface area contributed by atoms with E-state index in [1.165, 1.54) is 0 Å². The van der Waals surface area contributed by atoms with Crippen molar-refractivity contribution in [3.63, 3.8) is 0 Å². The summed E-state index contributed by atoms with van der Waals surface area (Å²) in [6, 6.07) is 7.34. The van der Waals surface area contributed by atoms with E-state index in [0.717, 1.165) is 12.1 Å². The second kappa shape index (κ2) is 6.02. The van der Waals surface area contributed by atoms with Gasteiger partial charge in [-0.2, -0.15) is 0 Å². The molecule has 1 aromatic rings. The molecule has 4 nitrogen and oxygen atoms in total. The molecular formula is C12H20N2O2S. The molecule has 0 aliphatic rings. The summed E-state index contributed by atoms with van der Waals surface area (Å²) in [5.41, 5.74) is 1.65. The number of nitrogens with one attached hydrogen (secondary N) is 2. The van der Waals surface area contributed by atoms with Crippen molar-refractivity contribution in [2.24, 2.45) is 0 Å². The average Bonchev–Trinajstić information content (AvgIpc) is 2.25. The zero-order valence-corrected chi connectivity index (χ0v) is 11.3. The molecule has 0 spiro atoms. The minimum absolute atomic E-state index is 0.456. The summed E-state index contributed by atoms with van der Waals surface area (Å²) in [6.07, 6.45) is 0. The fraction of sp³-hybridized carbons (Fsp3) is 0.500. The second-order valence-corrected chi connectivity index (χ2v) is 6.23. The van der Waals surface area contributed by atoms with E-state index in [0.29, 0.717) is 12.2 Å². The van der Waals surface area contributed by atoms with Crippen LogP contribution in [0.15, 0.2) is 24.3 Å². The molecule has 96 valence electrons. The predicted molar refractivity (Wildman–Crippen MR) is 71.7 cm³/mol. The Morgan fingerprint density at radius 1 is 1.35 bits per heavy atom. The molecule has 0 saturated carbocycles. The zero-order chi connectivity index (χ0) is 12.9. The van der Waals surface area contributed by atoms with Crippen LogP contribution in [0.2, 0.25) is 0 Å². The maximum absolute atomic E-state index is 12.0. The summed E-state index contributed by atoms with van der Waals surface area (Å²) >= 11 is 0. The standard InChI is InChI=1S/C12H20N2O2S/c1-4-13-9-11(3)17(15,16)14-12-7-5-6-10(2)8-12/h5-8,11,13-14H,4,9H2,1-3H3. The topological polar surface area (TPSA) is 58.2 Å². The highest BCUT2D eigenvalue weighted by atomic mass is 32.2. The van der Waals surface area contributed by atoms with Gasteiger partial charge in [0.2, 0.25) is 10.0 Å². The first-order chi connectivity index (χ1) is 7.95. The Balaban J connectivity index is 2.72. The van der Waals surface area contributed by atoms with Crippen molar-refractivity contribution >= 4 is 15.7 Å². The summed E-state index contributed by atoms with van der Waals surface area (Å²) in [6.45, 7) is 6.80. The maximum atomic E-state index is 12.0. The number of sulfonamides is 1. The van der Waals surface area contributed by atoms with Crippen LogP contribution in [0.1, 0.15) is 19.4 Å². The molecule has 17 heavy (non-hydrogen) atoms. The Kier molecular flexibility index (Phi) is 4.96. The van der Waals surface area contributed by atoms with E-state index in [1.807, 2.05) is 32.0 Å². The average molecular weight is 256 g/mol. The minimum atomic E-state index is -3.31. The summed E-state index contributed by atoms with van der Waals surface area (Å²) < 4.78 is 26.5. The van der Waals surface area contributed by atoms with Crippen molar-refractivity contribution in [1.29, 1.82) is 0 Å². The lowest BCUT2D eigenvalue weighted by Gasteiger charge is -2.15. The normalized spacial score (nSPS) is 13.4. The summed E-state index contributed by atoms with van der Waals surface area (Å²) in [7, 11) is -3.31. The van der Waals surface area contributed by atoms with Gasteiger partial charge in [-0.25, -0.2) is 8.42 Å².